The van der Waals surface area contributed by atoms with E-state index in [0.29, 0.717) is 17.5 Å². The average molecular weight is 466 g/mol. The van der Waals surface area contributed by atoms with Gasteiger partial charge in [-0.25, -0.2) is 4.79 Å². The number of nitrogens with one attached hydrogen (secondary N) is 1. The number of aromatic amines is 1. The summed E-state index contributed by atoms with van der Waals surface area (Å²) in [6, 6.07) is 11.8. The molecule has 0 aliphatic heterocycles. The van der Waals surface area contributed by atoms with Gasteiger partial charge in [0, 0.05) is 22.9 Å². The fraction of sp³-hybridized carbons (Fsp3) is 0.375. The number of aromatic nitrogens is 7. The van der Waals surface area contributed by atoms with Gasteiger partial charge in [0.15, 0.2) is 0 Å². The largest absolute Gasteiger partial charge is 0.330 e. The molecule has 0 aliphatic rings. The predicted octanol–water partition coefficient (Wildman–Crippen LogP) is 4.69. The summed E-state index contributed by atoms with van der Waals surface area (Å²) in [5, 5.41) is 14.8. The zero-order chi connectivity index (χ0) is 23.6. The molecule has 3 aromatic heterocycles. The van der Waals surface area contributed by atoms with Crippen LogP contribution < -0.4 is 5.69 Å². The van der Waals surface area contributed by atoms with Gasteiger partial charge in [0.05, 0.1) is 17.9 Å². The lowest BCUT2D eigenvalue weighted by Gasteiger charge is -2.20. The highest BCUT2D eigenvalue weighted by molar-refractivity contribution is 6.30. The molecule has 0 atom stereocenters. The predicted molar refractivity (Wildman–Crippen MR) is 129 cm³/mol. The molecule has 1 aromatic carbocycles. The van der Waals surface area contributed by atoms with E-state index in [9.17, 15) is 4.79 Å². The Kier molecular flexibility index (Phi) is 6.47. The van der Waals surface area contributed by atoms with Crippen molar-refractivity contribution in [1.82, 2.24) is 34.7 Å². The average Bonchev–Trinajstić information content (AvgIpc) is 3.40. The smallest absolute Gasteiger partial charge is 0.290 e. The number of halogens is 1. The molecule has 0 aliphatic carbocycles. The lowest BCUT2D eigenvalue weighted by Crippen LogP contribution is -2.35. The van der Waals surface area contributed by atoms with E-state index in [1.807, 2.05) is 61.7 Å². The number of unbranched alkanes of at least 4 members (excludes halogenated alkanes) is 1. The number of imidazole rings is 1. The van der Waals surface area contributed by atoms with Gasteiger partial charge in [0.2, 0.25) is 5.82 Å². The van der Waals surface area contributed by atoms with Gasteiger partial charge in [-0.1, -0.05) is 49.2 Å². The molecule has 0 radical (unpaired) electrons. The lowest BCUT2D eigenvalue weighted by molar-refractivity contribution is 0.380. The zero-order valence-electron chi connectivity index (χ0n) is 19.3. The van der Waals surface area contributed by atoms with Crippen LogP contribution in [0.15, 0.2) is 47.4 Å². The molecule has 172 valence electrons. The molecule has 33 heavy (non-hydrogen) atoms. The van der Waals surface area contributed by atoms with Crippen molar-refractivity contribution in [3.05, 3.63) is 69.5 Å². The molecule has 0 amide bonds. The fourth-order valence-electron chi connectivity index (χ4n) is 3.93. The second-order valence-corrected chi connectivity index (χ2v) is 9.41. The SMILES string of the molecule is CCCCc1c(Cl)n(C(C)(C)C)c(=O)n1Cc1ccc(-c2ncccc2-c2nn[nH]n2)cc1. The monoisotopic (exact) mass is 465 g/mol. The van der Waals surface area contributed by atoms with Crippen LogP contribution in [0.2, 0.25) is 5.15 Å². The summed E-state index contributed by atoms with van der Waals surface area (Å²) in [5.41, 5.74) is 3.94. The Hall–Kier alpha value is -3.26. The summed E-state index contributed by atoms with van der Waals surface area (Å²) in [7, 11) is 0. The van der Waals surface area contributed by atoms with Crippen molar-refractivity contribution in [2.75, 3.05) is 0 Å². The van der Waals surface area contributed by atoms with Gasteiger partial charge in [0.1, 0.15) is 5.15 Å². The van der Waals surface area contributed by atoms with Crippen LogP contribution in [0.4, 0.5) is 0 Å². The van der Waals surface area contributed by atoms with E-state index in [2.05, 4.69) is 32.5 Å². The second kappa shape index (κ2) is 9.31. The van der Waals surface area contributed by atoms with E-state index in [-0.39, 0.29) is 5.69 Å². The highest BCUT2D eigenvalue weighted by Gasteiger charge is 2.26. The molecule has 3 heterocycles. The molecule has 1 N–H and O–H groups in total. The third-order valence-corrected chi connectivity index (χ3v) is 5.97. The van der Waals surface area contributed by atoms with E-state index < -0.39 is 5.54 Å². The maximum absolute atomic E-state index is 13.3. The molecule has 0 saturated heterocycles. The van der Waals surface area contributed by atoms with Crippen LogP contribution in [0.5, 0.6) is 0 Å². The van der Waals surface area contributed by atoms with Gasteiger partial charge < -0.3 is 0 Å². The zero-order valence-corrected chi connectivity index (χ0v) is 20.1. The Morgan fingerprint density at radius 2 is 1.88 bits per heavy atom. The lowest BCUT2D eigenvalue weighted by atomic mass is 10.0. The molecule has 0 unspecified atom stereocenters. The van der Waals surface area contributed by atoms with Crippen molar-refractivity contribution >= 4 is 11.6 Å². The minimum atomic E-state index is -0.394. The number of nitrogens with zero attached hydrogens (tertiary/aromatic N) is 6. The van der Waals surface area contributed by atoms with Gasteiger partial charge in [-0.15, -0.1) is 10.2 Å². The van der Waals surface area contributed by atoms with Gasteiger partial charge in [0.25, 0.3) is 0 Å². The number of hydrogen-bond acceptors (Lipinski definition) is 5. The summed E-state index contributed by atoms with van der Waals surface area (Å²) in [6.45, 7) is 8.59. The van der Waals surface area contributed by atoms with Crippen LogP contribution in [0.1, 0.15) is 51.8 Å². The van der Waals surface area contributed by atoms with Crippen LogP contribution in [-0.4, -0.2) is 34.7 Å². The molecule has 8 nitrogen and oxygen atoms in total. The summed E-state index contributed by atoms with van der Waals surface area (Å²) in [4.78, 5) is 17.8. The Morgan fingerprint density at radius 3 is 2.52 bits per heavy atom. The summed E-state index contributed by atoms with van der Waals surface area (Å²) < 4.78 is 3.50. The first-order chi connectivity index (χ1) is 15.8. The quantitative estimate of drug-likeness (QED) is 0.427. The molecule has 9 heteroatoms. The topological polar surface area (TPSA) is 94.3 Å². The molecular formula is C24H28ClN7O. The number of rotatable bonds is 7. The normalized spacial score (nSPS) is 11.8. The van der Waals surface area contributed by atoms with Gasteiger partial charge >= 0.3 is 5.69 Å². The highest BCUT2D eigenvalue weighted by atomic mass is 35.5. The molecule has 0 spiro atoms. The minimum absolute atomic E-state index is 0.0770. The molecule has 0 bridgehead atoms. The van der Waals surface area contributed by atoms with Crippen LogP contribution in [0, 0.1) is 0 Å². The molecule has 4 aromatic rings. The first-order valence-corrected chi connectivity index (χ1v) is 11.5. The summed E-state index contributed by atoms with van der Waals surface area (Å²) >= 11 is 6.71. The standard InChI is InChI=1S/C24H28ClN7O/c1-5-6-9-19-21(25)32(24(2,3)4)23(33)31(19)15-16-10-12-17(13-11-16)20-18(8-7-14-26-20)22-27-29-30-28-22/h7-8,10-14H,5-6,9,15H2,1-4H3,(H,27,28,29,30). The third-order valence-electron chi connectivity index (χ3n) is 5.58. The van der Waals surface area contributed by atoms with Crippen LogP contribution >= 0.6 is 11.6 Å². The van der Waals surface area contributed by atoms with Crippen molar-refractivity contribution in [1.29, 1.82) is 0 Å². The Bertz CT molecular complexity index is 1280. The molecule has 0 saturated carbocycles. The summed E-state index contributed by atoms with van der Waals surface area (Å²) in [6.07, 6.45) is 4.52. The van der Waals surface area contributed by atoms with E-state index >= 15 is 0 Å². The maximum atomic E-state index is 13.3. The Morgan fingerprint density at radius 1 is 1.12 bits per heavy atom. The van der Waals surface area contributed by atoms with E-state index in [0.717, 1.165) is 47.3 Å². The minimum Gasteiger partial charge on any atom is -0.290 e. The van der Waals surface area contributed by atoms with E-state index in [4.69, 9.17) is 11.6 Å². The van der Waals surface area contributed by atoms with E-state index in [1.54, 1.807) is 10.8 Å². The Labute approximate surface area is 197 Å². The third kappa shape index (κ3) is 4.61. The Balaban J connectivity index is 1.68. The number of hydrogen-bond donors (Lipinski definition) is 1. The van der Waals surface area contributed by atoms with Gasteiger partial charge in [-0.05, 0) is 56.5 Å². The molecular weight excluding hydrogens is 438 g/mol. The van der Waals surface area contributed by atoms with Gasteiger partial charge in [-0.2, -0.15) is 5.21 Å². The van der Waals surface area contributed by atoms with E-state index in [1.165, 1.54) is 0 Å². The number of H-pyrrole nitrogens is 1. The van der Waals surface area contributed by atoms with Gasteiger partial charge in [-0.3, -0.25) is 14.1 Å². The fourth-order valence-corrected chi connectivity index (χ4v) is 4.45. The highest BCUT2D eigenvalue weighted by Crippen LogP contribution is 2.28. The first kappa shape index (κ1) is 22.9. The van der Waals surface area contributed by atoms with Crippen molar-refractivity contribution in [3.63, 3.8) is 0 Å². The van der Waals surface area contributed by atoms with Crippen LogP contribution in [-0.2, 0) is 18.5 Å². The number of tetrazole rings is 1. The molecule has 4 rings (SSSR count). The summed E-state index contributed by atoms with van der Waals surface area (Å²) in [5.74, 6) is 0.493. The van der Waals surface area contributed by atoms with Crippen molar-refractivity contribution in [2.24, 2.45) is 0 Å². The number of benzene rings is 1. The van der Waals surface area contributed by atoms with Crippen molar-refractivity contribution < 1.29 is 0 Å². The number of pyridine rings is 1. The van der Waals surface area contributed by atoms with Crippen LogP contribution in [0.3, 0.4) is 0 Å². The first-order valence-electron chi connectivity index (χ1n) is 11.1. The molecule has 0 fully saturated rings. The van der Waals surface area contributed by atoms with Crippen molar-refractivity contribution in [3.8, 4) is 22.6 Å². The van der Waals surface area contributed by atoms with Crippen molar-refractivity contribution in [2.45, 2.75) is 59.0 Å². The van der Waals surface area contributed by atoms with Crippen LogP contribution in [0.25, 0.3) is 22.6 Å². The second-order valence-electron chi connectivity index (χ2n) is 9.05. The maximum Gasteiger partial charge on any atom is 0.330 e.